The third-order valence-corrected chi connectivity index (χ3v) is 3.54. The second-order valence-corrected chi connectivity index (χ2v) is 4.77. The standard InChI is InChI=1S/C15H13NO4/c17-11-4-1-9(2-5-11)13-8-20-14-7-10(16-19)3-6-12(14)15(13)18/h1-7,13,15,17-18H,8H2/t13-,15-/m0/s1. The van der Waals surface area contributed by atoms with Gasteiger partial charge in [-0.3, -0.25) is 0 Å². The summed E-state index contributed by atoms with van der Waals surface area (Å²) < 4.78 is 5.61. The summed E-state index contributed by atoms with van der Waals surface area (Å²) in [6.45, 7) is 0.307. The molecule has 3 rings (SSSR count). The minimum absolute atomic E-state index is 0.182. The van der Waals surface area contributed by atoms with Gasteiger partial charge in [-0.15, -0.1) is 4.91 Å². The maximum atomic E-state index is 10.5. The lowest BCUT2D eigenvalue weighted by atomic mass is 9.87. The molecule has 20 heavy (non-hydrogen) atoms. The van der Waals surface area contributed by atoms with Gasteiger partial charge in [0, 0.05) is 17.5 Å². The number of phenolic OH excluding ortho intramolecular Hbond substituents is 1. The van der Waals surface area contributed by atoms with Crippen molar-refractivity contribution in [3.63, 3.8) is 0 Å². The summed E-state index contributed by atoms with van der Waals surface area (Å²) >= 11 is 0. The zero-order chi connectivity index (χ0) is 14.1. The molecule has 2 aromatic carbocycles. The molecule has 2 aromatic rings. The Morgan fingerprint density at radius 2 is 1.90 bits per heavy atom. The Labute approximate surface area is 115 Å². The lowest BCUT2D eigenvalue weighted by molar-refractivity contribution is 0.0890. The Morgan fingerprint density at radius 3 is 2.60 bits per heavy atom. The van der Waals surface area contributed by atoms with Crippen LogP contribution in [0.2, 0.25) is 0 Å². The third kappa shape index (κ3) is 2.12. The van der Waals surface area contributed by atoms with Gasteiger partial charge in [-0.1, -0.05) is 18.2 Å². The SMILES string of the molecule is O=Nc1ccc2c(c1)OC[C@@H](c1ccc(O)cc1)[C@H]2O. The van der Waals surface area contributed by atoms with E-state index in [2.05, 4.69) is 5.18 Å². The zero-order valence-corrected chi connectivity index (χ0v) is 10.6. The third-order valence-electron chi connectivity index (χ3n) is 3.54. The van der Waals surface area contributed by atoms with E-state index in [1.165, 1.54) is 6.07 Å². The van der Waals surface area contributed by atoms with Gasteiger partial charge >= 0.3 is 0 Å². The highest BCUT2D eigenvalue weighted by atomic mass is 16.5. The van der Waals surface area contributed by atoms with E-state index in [0.717, 1.165) is 5.56 Å². The van der Waals surface area contributed by atoms with E-state index in [9.17, 15) is 15.1 Å². The van der Waals surface area contributed by atoms with Gasteiger partial charge in [0.05, 0.1) is 12.7 Å². The molecule has 2 atom stereocenters. The van der Waals surface area contributed by atoms with Crippen molar-refractivity contribution < 1.29 is 14.9 Å². The van der Waals surface area contributed by atoms with Crippen LogP contribution in [0.1, 0.15) is 23.1 Å². The summed E-state index contributed by atoms with van der Waals surface area (Å²) in [6.07, 6.45) is -0.719. The Kier molecular flexibility index (Phi) is 3.12. The number of nitroso groups, excluding NO2 is 1. The van der Waals surface area contributed by atoms with Crippen molar-refractivity contribution in [3.05, 3.63) is 58.5 Å². The van der Waals surface area contributed by atoms with Gasteiger partial charge in [0.2, 0.25) is 0 Å². The number of benzene rings is 2. The first-order chi connectivity index (χ1) is 9.69. The number of rotatable bonds is 2. The van der Waals surface area contributed by atoms with Gasteiger partial charge in [-0.05, 0) is 28.9 Å². The van der Waals surface area contributed by atoms with E-state index in [-0.39, 0.29) is 17.4 Å². The van der Waals surface area contributed by atoms with Crippen LogP contribution in [-0.2, 0) is 0 Å². The second-order valence-electron chi connectivity index (χ2n) is 4.77. The molecule has 0 saturated carbocycles. The molecule has 0 amide bonds. The average Bonchev–Trinajstić information content (AvgIpc) is 2.48. The minimum atomic E-state index is -0.719. The summed E-state index contributed by atoms with van der Waals surface area (Å²) in [6, 6.07) is 11.4. The Bertz CT molecular complexity index is 639. The van der Waals surface area contributed by atoms with Crippen LogP contribution in [0, 0.1) is 4.91 Å². The van der Waals surface area contributed by atoms with Crippen LogP contribution >= 0.6 is 0 Å². The van der Waals surface area contributed by atoms with Gasteiger partial charge in [0.15, 0.2) is 0 Å². The van der Waals surface area contributed by atoms with Gasteiger partial charge < -0.3 is 14.9 Å². The van der Waals surface area contributed by atoms with Crippen molar-refractivity contribution in [2.75, 3.05) is 6.61 Å². The fraction of sp³-hybridized carbons (Fsp3) is 0.200. The average molecular weight is 271 g/mol. The fourth-order valence-corrected chi connectivity index (χ4v) is 2.44. The molecule has 0 aromatic heterocycles. The summed E-state index contributed by atoms with van der Waals surface area (Å²) in [5.74, 6) is 0.463. The van der Waals surface area contributed by atoms with Crippen molar-refractivity contribution >= 4 is 5.69 Å². The summed E-state index contributed by atoms with van der Waals surface area (Å²) in [5, 5.41) is 22.6. The number of ether oxygens (including phenoxy) is 1. The van der Waals surface area contributed by atoms with Crippen LogP contribution in [0.15, 0.2) is 47.6 Å². The van der Waals surface area contributed by atoms with Gasteiger partial charge in [-0.2, -0.15) is 0 Å². The van der Waals surface area contributed by atoms with Crippen LogP contribution in [0.5, 0.6) is 11.5 Å². The summed E-state index contributed by atoms with van der Waals surface area (Å²) in [5.41, 5.74) is 1.80. The van der Waals surface area contributed by atoms with Crippen LogP contribution in [0.3, 0.4) is 0 Å². The van der Waals surface area contributed by atoms with E-state index >= 15 is 0 Å². The molecule has 102 valence electrons. The van der Waals surface area contributed by atoms with E-state index < -0.39 is 6.10 Å². The highest BCUT2D eigenvalue weighted by Crippen LogP contribution is 2.42. The molecule has 0 bridgehead atoms. The lowest BCUT2D eigenvalue weighted by Gasteiger charge is -2.30. The largest absolute Gasteiger partial charge is 0.508 e. The lowest BCUT2D eigenvalue weighted by Crippen LogP contribution is -2.24. The van der Waals surface area contributed by atoms with Crippen molar-refractivity contribution in [1.82, 2.24) is 0 Å². The van der Waals surface area contributed by atoms with Crippen LogP contribution in [-0.4, -0.2) is 16.8 Å². The number of fused-ring (bicyclic) bond motifs is 1. The smallest absolute Gasteiger partial charge is 0.127 e. The van der Waals surface area contributed by atoms with Gasteiger partial charge in [-0.25, -0.2) is 0 Å². The van der Waals surface area contributed by atoms with Crippen LogP contribution < -0.4 is 4.74 Å². The highest BCUT2D eigenvalue weighted by Gasteiger charge is 2.30. The maximum Gasteiger partial charge on any atom is 0.127 e. The number of hydrogen-bond donors (Lipinski definition) is 2. The Morgan fingerprint density at radius 1 is 1.15 bits per heavy atom. The molecule has 1 heterocycles. The first-order valence-electron chi connectivity index (χ1n) is 6.26. The number of aromatic hydroxyl groups is 1. The first kappa shape index (κ1) is 12.6. The number of nitrogens with zero attached hydrogens (tertiary/aromatic N) is 1. The normalized spacial score (nSPS) is 20.9. The van der Waals surface area contributed by atoms with E-state index in [1.54, 1.807) is 36.4 Å². The molecule has 0 spiro atoms. The molecule has 1 aliphatic rings. The molecule has 1 aliphatic heterocycles. The number of hydrogen-bond acceptors (Lipinski definition) is 5. The van der Waals surface area contributed by atoms with Crippen LogP contribution in [0.25, 0.3) is 0 Å². The minimum Gasteiger partial charge on any atom is -0.508 e. The zero-order valence-electron chi connectivity index (χ0n) is 10.6. The molecule has 0 unspecified atom stereocenters. The highest BCUT2D eigenvalue weighted by molar-refractivity contribution is 5.50. The molecule has 0 aliphatic carbocycles. The molecular formula is C15H13NO4. The summed E-state index contributed by atoms with van der Waals surface area (Å²) in [7, 11) is 0. The molecular weight excluding hydrogens is 258 g/mol. The monoisotopic (exact) mass is 271 g/mol. The molecule has 0 saturated heterocycles. The van der Waals surface area contributed by atoms with Gasteiger partial charge in [0.1, 0.15) is 17.2 Å². The number of phenols is 1. The first-order valence-corrected chi connectivity index (χ1v) is 6.26. The predicted octanol–water partition coefficient (Wildman–Crippen LogP) is 3.00. The summed E-state index contributed by atoms with van der Waals surface area (Å²) in [4.78, 5) is 10.5. The van der Waals surface area contributed by atoms with Crippen molar-refractivity contribution in [3.8, 4) is 11.5 Å². The quantitative estimate of drug-likeness (QED) is 0.823. The molecule has 0 radical (unpaired) electrons. The molecule has 2 N–H and O–H groups in total. The van der Waals surface area contributed by atoms with Crippen molar-refractivity contribution in [2.24, 2.45) is 5.18 Å². The molecule has 5 nitrogen and oxygen atoms in total. The predicted molar refractivity (Wildman–Crippen MR) is 73.2 cm³/mol. The van der Waals surface area contributed by atoms with E-state index in [4.69, 9.17) is 4.74 Å². The molecule has 0 fully saturated rings. The number of aliphatic hydroxyl groups excluding tert-OH is 1. The van der Waals surface area contributed by atoms with Crippen molar-refractivity contribution in [2.45, 2.75) is 12.0 Å². The Hall–Kier alpha value is -2.40. The topological polar surface area (TPSA) is 79.1 Å². The maximum absolute atomic E-state index is 10.5. The van der Waals surface area contributed by atoms with E-state index in [0.29, 0.717) is 17.9 Å². The second kappa shape index (κ2) is 4.94. The van der Waals surface area contributed by atoms with Crippen molar-refractivity contribution in [1.29, 1.82) is 0 Å². The van der Waals surface area contributed by atoms with E-state index in [1.807, 2.05) is 0 Å². The molecule has 5 heteroatoms. The van der Waals surface area contributed by atoms with Crippen LogP contribution in [0.4, 0.5) is 5.69 Å². The van der Waals surface area contributed by atoms with Gasteiger partial charge in [0.25, 0.3) is 0 Å². The number of aliphatic hydroxyl groups is 1. The Balaban J connectivity index is 1.94. The fourth-order valence-electron chi connectivity index (χ4n) is 2.44.